The van der Waals surface area contributed by atoms with Gasteiger partial charge in [0.1, 0.15) is 11.5 Å². The zero-order valence-electron chi connectivity index (χ0n) is 8.66. The number of rotatable bonds is 1. The van der Waals surface area contributed by atoms with Crippen LogP contribution in [-0.2, 0) is 0 Å². The molecule has 0 saturated carbocycles. The highest BCUT2D eigenvalue weighted by Crippen LogP contribution is 2.27. The van der Waals surface area contributed by atoms with Crippen molar-refractivity contribution in [1.29, 1.82) is 0 Å². The molecule has 3 heterocycles. The lowest BCUT2D eigenvalue weighted by atomic mass is 10.3. The lowest BCUT2D eigenvalue weighted by molar-refractivity contribution is 0.0995. The van der Waals surface area contributed by atoms with E-state index in [0.29, 0.717) is 5.69 Å². The van der Waals surface area contributed by atoms with Crippen LogP contribution in [0.1, 0.15) is 10.5 Å². The van der Waals surface area contributed by atoms with Gasteiger partial charge >= 0.3 is 0 Å². The summed E-state index contributed by atoms with van der Waals surface area (Å²) in [6, 6.07) is 7.60. The number of nitrogens with zero attached hydrogens (tertiary/aromatic N) is 1. The van der Waals surface area contributed by atoms with Crippen molar-refractivity contribution in [3.8, 4) is 0 Å². The van der Waals surface area contributed by atoms with Crippen molar-refractivity contribution in [2.75, 3.05) is 23.7 Å². The summed E-state index contributed by atoms with van der Waals surface area (Å²) in [6.07, 6.45) is 0. The summed E-state index contributed by atoms with van der Waals surface area (Å²) in [5.74, 6) is 0.489. The molecule has 1 aliphatic rings. The van der Waals surface area contributed by atoms with Crippen LogP contribution < -0.4 is 16.4 Å². The maximum Gasteiger partial charge on any atom is 0.265 e. The van der Waals surface area contributed by atoms with Gasteiger partial charge in [0, 0.05) is 18.6 Å². The van der Waals surface area contributed by atoms with Gasteiger partial charge in [0.05, 0.1) is 5.69 Å². The van der Waals surface area contributed by atoms with Crippen LogP contribution in [0, 0.1) is 0 Å². The normalized spacial score (nSPS) is 14.0. The highest BCUT2D eigenvalue weighted by Gasteiger charge is 2.15. The molecule has 2 aromatic rings. The third-order valence-corrected chi connectivity index (χ3v) is 2.80. The molecule has 2 aromatic heterocycles. The molecule has 82 valence electrons. The first-order valence-corrected chi connectivity index (χ1v) is 5.19. The largest absolute Gasteiger partial charge is 0.380 e. The zero-order chi connectivity index (χ0) is 11.1. The molecule has 4 N–H and O–H groups in total. The fourth-order valence-electron chi connectivity index (χ4n) is 2.09. The fraction of sp³-hybridized carbons (Fsp3) is 0.182. The number of nitrogens with two attached hydrogens (primary N) is 1. The number of carbonyl (C=O) groups excluding carboxylic acids is 1. The number of primary amides is 1. The van der Waals surface area contributed by atoms with Crippen molar-refractivity contribution in [3.05, 3.63) is 30.0 Å². The number of anilines is 2. The average molecular weight is 216 g/mol. The van der Waals surface area contributed by atoms with Gasteiger partial charge in [0.25, 0.3) is 5.91 Å². The smallest absolute Gasteiger partial charge is 0.265 e. The fourth-order valence-corrected chi connectivity index (χ4v) is 2.09. The molecule has 0 atom stereocenters. The summed E-state index contributed by atoms with van der Waals surface area (Å²) in [5.41, 5.74) is 7.81. The highest BCUT2D eigenvalue weighted by atomic mass is 16.1. The van der Waals surface area contributed by atoms with E-state index in [1.807, 2.05) is 22.6 Å². The Morgan fingerprint density at radius 2 is 1.94 bits per heavy atom. The molecule has 0 spiro atoms. The molecule has 0 aromatic carbocycles. The predicted octanol–water partition coefficient (Wildman–Crippen LogP) is 0.876. The first-order valence-electron chi connectivity index (χ1n) is 5.19. The Kier molecular flexibility index (Phi) is 1.80. The lowest BCUT2D eigenvalue weighted by Crippen LogP contribution is -2.24. The number of amides is 1. The van der Waals surface area contributed by atoms with Gasteiger partial charge in [-0.1, -0.05) is 0 Å². The van der Waals surface area contributed by atoms with Crippen LogP contribution in [0.3, 0.4) is 0 Å². The molecule has 0 aliphatic carbocycles. The second-order valence-electron chi connectivity index (χ2n) is 3.79. The number of pyridine rings is 1. The topological polar surface area (TPSA) is 71.6 Å². The Labute approximate surface area is 92.2 Å². The van der Waals surface area contributed by atoms with Crippen LogP contribution in [0.5, 0.6) is 0 Å². The summed E-state index contributed by atoms with van der Waals surface area (Å²) in [4.78, 5) is 11.3. The molecule has 0 bridgehead atoms. The minimum atomic E-state index is -0.416. The Morgan fingerprint density at radius 1 is 1.19 bits per heavy atom. The zero-order valence-corrected chi connectivity index (χ0v) is 8.66. The molecule has 3 rings (SSSR count). The van der Waals surface area contributed by atoms with Crippen molar-refractivity contribution in [3.63, 3.8) is 0 Å². The Morgan fingerprint density at radius 3 is 2.75 bits per heavy atom. The Bertz CT molecular complexity index is 573. The van der Waals surface area contributed by atoms with E-state index < -0.39 is 5.91 Å². The molecule has 0 saturated heterocycles. The summed E-state index contributed by atoms with van der Waals surface area (Å²) >= 11 is 0. The van der Waals surface area contributed by atoms with E-state index in [2.05, 4.69) is 10.6 Å². The molecule has 1 amide bonds. The van der Waals surface area contributed by atoms with Crippen LogP contribution in [-0.4, -0.2) is 23.4 Å². The van der Waals surface area contributed by atoms with Crippen molar-refractivity contribution in [2.45, 2.75) is 0 Å². The number of hydrogen-bond donors (Lipinski definition) is 3. The van der Waals surface area contributed by atoms with E-state index in [9.17, 15) is 4.79 Å². The molecule has 5 nitrogen and oxygen atoms in total. The molecular weight excluding hydrogens is 204 g/mol. The molecule has 16 heavy (non-hydrogen) atoms. The van der Waals surface area contributed by atoms with E-state index in [0.717, 1.165) is 30.1 Å². The van der Waals surface area contributed by atoms with Crippen molar-refractivity contribution in [1.82, 2.24) is 4.40 Å². The summed E-state index contributed by atoms with van der Waals surface area (Å²) in [5, 5.41) is 6.55. The van der Waals surface area contributed by atoms with Gasteiger partial charge in [0.15, 0.2) is 0 Å². The highest BCUT2D eigenvalue weighted by molar-refractivity contribution is 5.94. The monoisotopic (exact) mass is 216 g/mol. The summed E-state index contributed by atoms with van der Waals surface area (Å²) < 4.78 is 1.85. The maximum absolute atomic E-state index is 11.3. The van der Waals surface area contributed by atoms with Gasteiger partial charge in [-0.15, -0.1) is 0 Å². The van der Waals surface area contributed by atoms with Gasteiger partial charge in [0.2, 0.25) is 0 Å². The minimum absolute atomic E-state index is 0.416. The lowest BCUT2D eigenvalue weighted by Gasteiger charge is -2.21. The predicted molar refractivity (Wildman–Crippen MR) is 62.9 cm³/mol. The van der Waals surface area contributed by atoms with Crippen molar-refractivity contribution >= 4 is 22.9 Å². The molecule has 5 heteroatoms. The third-order valence-electron chi connectivity index (χ3n) is 2.80. The summed E-state index contributed by atoms with van der Waals surface area (Å²) in [6.45, 7) is 1.72. The van der Waals surface area contributed by atoms with Gasteiger partial charge in [-0.3, -0.25) is 9.20 Å². The molecule has 1 aliphatic heterocycles. The Balaban J connectivity index is 2.35. The van der Waals surface area contributed by atoms with Gasteiger partial charge in [-0.2, -0.15) is 0 Å². The minimum Gasteiger partial charge on any atom is -0.380 e. The average Bonchev–Trinajstić information content (AvgIpc) is 2.73. The van der Waals surface area contributed by atoms with Crippen LogP contribution in [0.4, 0.5) is 11.5 Å². The first-order chi connectivity index (χ1) is 7.77. The molecule has 0 radical (unpaired) electrons. The number of carbonyl (C=O) groups is 1. The number of nitrogens with one attached hydrogen (secondary N) is 2. The van der Waals surface area contributed by atoms with E-state index >= 15 is 0 Å². The third kappa shape index (κ3) is 1.14. The number of aromatic nitrogens is 1. The van der Waals surface area contributed by atoms with Gasteiger partial charge < -0.3 is 16.4 Å². The van der Waals surface area contributed by atoms with Crippen LogP contribution >= 0.6 is 0 Å². The number of hydrogen-bond acceptors (Lipinski definition) is 3. The second-order valence-corrected chi connectivity index (χ2v) is 3.79. The maximum atomic E-state index is 11.3. The van der Waals surface area contributed by atoms with Crippen LogP contribution in [0.25, 0.3) is 5.52 Å². The van der Waals surface area contributed by atoms with Gasteiger partial charge in [-0.25, -0.2) is 0 Å². The quantitative estimate of drug-likeness (QED) is 0.662. The van der Waals surface area contributed by atoms with Crippen LogP contribution in [0.15, 0.2) is 24.3 Å². The molecule has 0 unspecified atom stereocenters. The van der Waals surface area contributed by atoms with Crippen molar-refractivity contribution in [2.24, 2.45) is 5.73 Å². The van der Waals surface area contributed by atoms with Crippen molar-refractivity contribution < 1.29 is 4.79 Å². The standard InChI is InChI=1S/C11H12N4O/c12-10(16)9-4-2-7-1-3-8-11(15(7)9)14-6-5-13-8/h1-4,13-14H,5-6H2,(H2,12,16). The molecule has 0 fully saturated rings. The van der Waals surface area contributed by atoms with E-state index in [-0.39, 0.29) is 0 Å². The van der Waals surface area contributed by atoms with Crippen LogP contribution in [0.2, 0.25) is 0 Å². The SMILES string of the molecule is NC(=O)c1ccc2ccc3c(n12)NCCN3. The number of fused-ring (bicyclic) bond motifs is 3. The second kappa shape index (κ2) is 3.16. The van der Waals surface area contributed by atoms with Gasteiger partial charge in [-0.05, 0) is 24.3 Å². The molecular formula is C11H12N4O. The van der Waals surface area contributed by atoms with E-state index in [4.69, 9.17) is 5.73 Å². The Hall–Kier alpha value is -2.17. The summed E-state index contributed by atoms with van der Waals surface area (Å²) in [7, 11) is 0. The van der Waals surface area contributed by atoms with E-state index in [1.165, 1.54) is 0 Å². The first kappa shape index (κ1) is 9.08. The van der Waals surface area contributed by atoms with E-state index in [1.54, 1.807) is 6.07 Å².